The van der Waals surface area contributed by atoms with Crippen LogP contribution >= 0.6 is 11.3 Å². The Labute approximate surface area is 281 Å². The van der Waals surface area contributed by atoms with Crippen LogP contribution in [0.5, 0.6) is 6.01 Å². The van der Waals surface area contributed by atoms with Crippen molar-refractivity contribution in [3.63, 3.8) is 0 Å². The third-order valence-corrected chi connectivity index (χ3v) is 10.6. The topological polar surface area (TPSA) is 112 Å². The molecule has 7 rings (SSSR count). The number of hydrogen-bond acceptors (Lipinski definition) is 9. The smallest absolute Gasteiger partial charge is 0.417 e. The largest absolute Gasteiger partial charge is 0.467 e. The lowest BCUT2D eigenvalue weighted by molar-refractivity contribution is -0.137. The lowest BCUT2D eigenvalue weighted by Crippen LogP contribution is -2.37. The Morgan fingerprint density at radius 1 is 1.18 bits per heavy atom. The van der Waals surface area contributed by atoms with Gasteiger partial charge in [-0.25, -0.2) is 13.2 Å². The van der Waals surface area contributed by atoms with Gasteiger partial charge < -0.3 is 20.3 Å². The number of nitrogens with zero attached hydrogens (tertiary/aromatic N) is 6. The van der Waals surface area contributed by atoms with Crippen LogP contribution in [0.4, 0.5) is 37.2 Å². The van der Waals surface area contributed by atoms with Gasteiger partial charge >= 0.3 is 12.2 Å². The number of carbonyl (C=O) groups excluding carboxylic acids is 1. The standard InChI is InChI=1S/C26H21F5N6O2S.C7H12FN/c1-11(38)36(2)12-6-7-37(10-12)24-14-8-16(26(29,30)31)19(20(28)21(14)34-25(35-24)39-3)13-4-5-17(27)22-18(13)15(9-32)23(33)40-22;8-6-4-7-2-1-3-9(7)5-6/h4-5,8,12H,6-7,10,33H2,1-3H3;6-7H,1-5H2. The summed E-state index contributed by atoms with van der Waals surface area (Å²) in [5, 5.41) is 9.09. The van der Waals surface area contributed by atoms with Crippen LogP contribution in [-0.2, 0) is 11.0 Å². The molecule has 3 aliphatic rings. The molecule has 0 aliphatic carbocycles. The highest BCUT2D eigenvalue weighted by Crippen LogP contribution is 2.48. The van der Waals surface area contributed by atoms with Gasteiger partial charge in [0.2, 0.25) is 5.91 Å². The number of amides is 1. The molecule has 3 fully saturated rings. The molecule has 3 atom stereocenters. The first-order valence-electron chi connectivity index (χ1n) is 15.7. The van der Waals surface area contributed by atoms with Gasteiger partial charge in [-0.2, -0.15) is 28.4 Å². The molecule has 2 aromatic carbocycles. The van der Waals surface area contributed by atoms with E-state index in [2.05, 4.69) is 14.9 Å². The van der Waals surface area contributed by atoms with Gasteiger partial charge in [0.1, 0.15) is 34.4 Å². The van der Waals surface area contributed by atoms with E-state index in [9.17, 15) is 32.0 Å². The van der Waals surface area contributed by atoms with Crippen LogP contribution in [0.3, 0.4) is 0 Å². The van der Waals surface area contributed by atoms with Crippen molar-refractivity contribution in [3.05, 3.63) is 41.0 Å². The summed E-state index contributed by atoms with van der Waals surface area (Å²) in [5.41, 5.74) is 2.55. The fourth-order valence-electron chi connectivity index (χ4n) is 7.05. The highest BCUT2D eigenvalue weighted by Gasteiger charge is 2.39. The Morgan fingerprint density at radius 2 is 1.94 bits per heavy atom. The molecule has 49 heavy (non-hydrogen) atoms. The Bertz CT molecular complexity index is 1970. The summed E-state index contributed by atoms with van der Waals surface area (Å²) < 4.78 is 92.3. The molecule has 0 spiro atoms. The number of methoxy groups -OCH3 is 1. The highest BCUT2D eigenvalue weighted by atomic mass is 32.1. The van der Waals surface area contributed by atoms with E-state index in [-0.39, 0.29) is 61.9 Å². The monoisotopic (exact) mass is 705 g/mol. The first-order valence-corrected chi connectivity index (χ1v) is 16.5. The Balaban J connectivity index is 0.000000396. The molecular formula is C33H33F6N7O2S. The summed E-state index contributed by atoms with van der Waals surface area (Å²) in [7, 11) is 2.86. The lowest BCUT2D eigenvalue weighted by atomic mass is 9.92. The SMILES string of the molecule is COc1nc(N2CCC(N(C)C(C)=O)C2)c2cc(C(F)(F)F)c(-c3ccc(F)c4sc(N)c(C#N)c34)c(F)c2n1.FC1CC2CCCN2C1. The number of aromatic nitrogens is 2. The van der Waals surface area contributed by atoms with Crippen LogP contribution in [-0.4, -0.2) is 84.3 Å². The van der Waals surface area contributed by atoms with E-state index in [0.717, 1.165) is 31.2 Å². The van der Waals surface area contributed by atoms with Crippen molar-refractivity contribution in [1.82, 2.24) is 19.8 Å². The summed E-state index contributed by atoms with van der Waals surface area (Å²) in [6, 6.07) is 4.53. The molecule has 260 valence electrons. The van der Waals surface area contributed by atoms with Crippen molar-refractivity contribution in [2.75, 3.05) is 51.0 Å². The first kappa shape index (κ1) is 34.5. The number of likely N-dealkylation sites (N-methyl/N-ethyl adjacent to an activating group) is 1. The van der Waals surface area contributed by atoms with Gasteiger partial charge in [0.05, 0.1) is 29.0 Å². The minimum absolute atomic E-state index is 0.0130. The number of nitriles is 1. The van der Waals surface area contributed by atoms with Crippen LogP contribution in [0.2, 0.25) is 0 Å². The third kappa shape index (κ3) is 6.29. The fourth-order valence-corrected chi connectivity index (χ4v) is 8.00. The number of benzene rings is 2. The highest BCUT2D eigenvalue weighted by molar-refractivity contribution is 7.23. The van der Waals surface area contributed by atoms with Crippen LogP contribution in [0.1, 0.15) is 43.7 Å². The maximum Gasteiger partial charge on any atom is 0.417 e. The normalized spacial score (nSPS) is 20.7. The van der Waals surface area contributed by atoms with Gasteiger partial charge in [-0.05, 0) is 49.9 Å². The second kappa shape index (κ2) is 13.2. The van der Waals surface area contributed by atoms with E-state index in [1.54, 1.807) is 18.0 Å². The number of ether oxygens (including phenoxy) is 1. The minimum Gasteiger partial charge on any atom is -0.467 e. The first-order chi connectivity index (χ1) is 23.2. The molecule has 3 saturated heterocycles. The summed E-state index contributed by atoms with van der Waals surface area (Å²) in [4.78, 5) is 25.6. The van der Waals surface area contributed by atoms with E-state index in [1.165, 1.54) is 31.8 Å². The van der Waals surface area contributed by atoms with E-state index in [1.807, 2.05) is 0 Å². The quantitative estimate of drug-likeness (QED) is 0.239. The fraction of sp³-hybridized carbons (Fsp3) is 0.455. The molecule has 4 aromatic rings. The average molecular weight is 706 g/mol. The number of thiophene rings is 1. The number of anilines is 2. The molecule has 1 amide bonds. The molecule has 5 heterocycles. The van der Waals surface area contributed by atoms with E-state index in [4.69, 9.17) is 10.5 Å². The van der Waals surface area contributed by atoms with Gasteiger partial charge in [-0.3, -0.25) is 9.69 Å². The van der Waals surface area contributed by atoms with E-state index in [0.29, 0.717) is 36.9 Å². The van der Waals surface area contributed by atoms with Crippen LogP contribution in [0.15, 0.2) is 18.2 Å². The van der Waals surface area contributed by atoms with Gasteiger partial charge in [0.25, 0.3) is 0 Å². The van der Waals surface area contributed by atoms with Crippen molar-refractivity contribution in [3.8, 4) is 23.2 Å². The Kier molecular flexibility index (Phi) is 9.27. The Morgan fingerprint density at radius 3 is 2.59 bits per heavy atom. The molecule has 9 nitrogen and oxygen atoms in total. The predicted molar refractivity (Wildman–Crippen MR) is 174 cm³/mol. The number of fused-ring (bicyclic) bond motifs is 3. The number of nitrogens with two attached hydrogens (primary N) is 1. The van der Waals surface area contributed by atoms with Gasteiger partial charge in [-0.1, -0.05) is 6.07 Å². The molecule has 0 radical (unpaired) electrons. The van der Waals surface area contributed by atoms with E-state index < -0.39 is 40.6 Å². The average Bonchev–Trinajstić information content (AvgIpc) is 3.84. The molecule has 2 N–H and O–H groups in total. The zero-order valence-corrected chi connectivity index (χ0v) is 27.7. The third-order valence-electron chi connectivity index (χ3n) is 9.54. The number of alkyl halides is 4. The molecule has 0 saturated carbocycles. The van der Waals surface area contributed by atoms with E-state index >= 15 is 4.39 Å². The molecular weight excluding hydrogens is 672 g/mol. The van der Waals surface area contributed by atoms with Crippen molar-refractivity contribution in [1.29, 1.82) is 5.26 Å². The summed E-state index contributed by atoms with van der Waals surface area (Å²) in [6.07, 6.45) is -1.73. The summed E-state index contributed by atoms with van der Waals surface area (Å²) >= 11 is 0.688. The van der Waals surface area contributed by atoms with Crippen molar-refractivity contribution in [2.45, 2.75) is 57.0 Å². The zero-order valence-electron chi connectivity index (χ0n) is 26.9. The molecule has 3 aliphatic heterocycles. The Hall–Kier alpha value is -4.36. The maximum absolute atomic E-state index is 16.4. The van der Waals surface area contributed by atoms with Crippen molar-refractivity contribution >= 4 is 49.1 Å². The van der Waals surface area contributed by atoms with Gasteiger partial charge in [0, 0.05) is 56.0 Å². The van der Waals surface area contributed by atoms with Crippen molar-refractivity contribution < 1.29 is 35.9 Å². The van der Waals surface area contributed by atoms with Crippen LogP contribution in [0.25, 0.3) is 32.1 Å². The molecule has 3 unspecified atom stereocenters. The number of rotatable bonds is 4. The lowest BCUT2D eigenvalue weighted by Gasteiger charge is -2.25. The molecule has 16 heteroatoms. The van der Waals surface area contributed by atoms with Crippen LogP contribution in [0, 0.1) is 23.0 Å². The van der Waals surface area contributed by atoms with Crippen LogP contribution < -0.4 is 15.4 Å². The second-order valence-electron chi connectivity index (χ2n) is 12.4. The van der Waals surface area contributed by atoms with Gasteiger partial charge in [-0.15, -0.1) is 11.3 Å². The van der Waals surface area contributed by atoms with Crippen molar-refractivity contribution in [2.24, 2.45) is 0 Å². The summed E-state index contributed by atoms with van der Waals surface area (Å²) in [6.45, 7) is 3.84. The minimum atomic E-state index is -5.06. The summed E-state index contributed by atoms with van der Waals surface area (Å²) in [5.74, 6) is -2.32. The number of nitrogen functional groups attached to an aromatic ring is 1. The zero-order chi connectivity index (χ0) is 35.4. The molecule has 2 aromatic heterocycles. The number of carbonyl (C=O) groups is 1. The molecule has 0 bridgehead atoms. The number of halogens is 6. The number of hydrogen-bond donors (Lipinski definition) is 1. The predicted octanol–water partition coefficient (Wildman–Crippen LogP) is 6.52. The van der Waals surface area contributed by atoms with Gasteiger partial charge in [0.15, 0.2) is 5.82 Å². The second-order valence-corrected chi connectivity index (χ2v) is 13.5. The maximum atomic E-state index is 16.4.